The Kier molecular flexibility index (Phi) is 4.48. The Morgan fingerprint density at radius 1 is 1.00 bits per heavy atom. The van der Waals surface area contributed by atoms with Crippen LogP contribution in [-0.4, -0.2) is 22.0 Å². The smallest absolute Gasteiger partial charge is 0.318 e. The van der Waals surface area contributed by atoms with Crippen LogP contribution in [-0.2, 0) is 13.1 Å². The van der Waals surface area contributed by atoms with Gasteiger partial charge in [-0.1, -0.05) is 60.2 Å². The number of aryl methyl sites for hydroxylation is 1. The number of rotatable bonds is 3. The molecule has 26 heavy (non-hydrogen) atoms. The van der Waals surface area contributed by atoms with E-state index in [9.17, 15) is 4.79 Å². The van der Waals surface area contributed by atoms with Gasteiger partial charge in [-0.05, 0) is 30.2 Å². The lowest BCUT2D eigenvalue weighted by Gasteiger charge is -2.37. The molecule has 4 heteroatoms. The number of fused-ring (bicyclic) bond motifs is 1. The summed E-state index contributed by atoms with van der Waals surface area (Å²) in [5.41, 5.74) is 4.63. The highest BCUT2D eigenvalue weighted by Gasteiger charge is 2.31. The third-order valence-electron chi connectivity index (χ3n) is 4.98. The van der Waals surface area contributed by atoms with Crippen LogP contribution < -0.4 is 5.32 Å². The summed E-state index contributed by atoms with van der Waals surface area (Å²) in [4.78, 5) is 14.9. The zero-order valence-corrected chi connectivity index (χ0v) is 14.9. The van der Waals surface area contributed by atoms with E-state index in [1.165, 1.54) is 5.56 Å². The van der Waals surface area contributed by atoms with Crippen LogP contribution >= 0.6 is 0 Å². The summed E-state index contributed by atoms with van der Waals surface area (Å²) in [5.74, 6) is 0. The van der Waals surface area contributed by atoms with Crippen LogP contribution in [0, 0.1) is 6.92 Å². The van der Waals surface area contributed by atoms with Crippen molar-refractivity contribution in [3.8, 4) is 0 Å². The first-order valence-electron chi connectivity index (χ1n) is 9.02. The quantitative estimate of drug-likeness (QED) is 0.762. The zero-order valence-electron chi connectivity index (χ0n) is 14.9. The average molecular weight is 345 g/mol. The van der Waals surface area contributed by atoms with Crippen LogP contribution in [0.3, 0.4) is 0 Å². The van der Waals surface area contributed by atoms with Gasteiger partial charge in [0.2, 0.25) is 0 Å². The maximum atomic E-state index is 13.0. The molecule has 4 nitrogen and oxygen atoms in total. The van der Waals surface area contributed by atoms with Gasteiger partial charge in [0.05, 0.1) is 6.04 Å². The fourth-order valence-electron chi connectivity index (χ4n) is 3.58. The summed E-state index contributed by atoms with van der Waals surface area (Å²) in [5, 5.41) is 3.08. The molecule has 0 fully saturated rings. The van der Waals surface area contributed by atoms with Crippen molar-refractivity contribution in [2.75, 3.05) is 6.54 Å². The molecule has 0 bridgehead atoms. The molecule has 0 aliphatic carbocycles. The molecule has 4 rings (SSSR count). The second kappa shape index (κ2) is 7.08. The van der Waals surface area contributed by atoms with E-state index in [1.54, 1.807) is 0 Å². The predicted octanol–water partition coefficient (Wildman–Crippen LogP) is 4.11. The third kappa shape index (κ3) is 3.23. The molecule has 1 unspecified atom stereocenters. The number of aromatic nitrogens is 1. The second-order valence-corrected chi connectivity index (χ2v) is 6.78. The maximum Gasteiger partial charge on any atom is 0.318 e. The lowest BCUT2D eigenvalue weighted by Crippen LogP contribution is -2.47. The topological polar surface area (TPSA) is 37.3 Å². The highest BCUT2D eigenvalue weighted by atomic mass is 16.2. The number of hydrogen-bond acceptors (Lipinski definition) is 1. The van der Waals surface area contributed by atoms with Gasteiger partial charge in [0.25, 0.3) is 0 Å². The van der Waals surface area contributed by atoms with Crippen LogP contribution in [0.5, 0.6) is 0 Å². The first kappa shape index (κ1) is 16.5. The van der Waals surface area contributed by atoms with Gasteiger partial charge in [-0.2, -0.15) is 0 Å². The Hall–Kier alpha value is -3.01. The summed E-state index contributed by atoms with van der Waals surface area (Å²) >= 11 is 0. The third-order valence-corrected chi connectivity index (χ3v) is 4.98. The number of amides is 2. The summed E-state index contributed by atoms with van der Waals surface area (Å²) in [6.07, 6.45) is 2.09. The normalized spacial score (nSPS) is 16.2. The molecular formula is C22H23N3O. The van der Waals surface area contributed by atoms with Crippen molar-refractivity contribution < 1.29 is 4.79 Å². The molecule has 0 saturated carbocycles. The first-order chi connectivity index (χ1) is 12.7. The van der Waals surface area contributed by atoms with Crippen LogP contribution in [0.2, 0.25) is 0 Å². The van der Waals surface area contributed by atoms with Crippen molar-refractivity contribution in [1.29, 1.82) is 0 Å². The number of carbonyl (C=O) groups excluding carboxylic acids is 1. The van der Waals surface area contributed by atoms with Crippen molar-refractivity contribution in [3.05, 3.63) is 95.3 Å². The van der Waals surface area contributed by atoms with Crippen LogP contribution in [0.25, 0.3) is 0 Å². The first-order valence-corrected chi connectivity index (χ1v) is 9.02. The lowest BCUT2D eigenvalue weighted by atomic mass is 9.99. The average Bonchev–Trinajstić information content (AvgIpc) is 3.16. The van der Waals surface area contributed by atoms with Gasteiger partial charge in [-0.3, -0.25) is 0 Å². The van der Waals surface area contributed by atoms with Crippen molar-refractivity contribution in [1.82, 2.24) is 14.8 Å². The van der Waals surface area contributed by atoms with Gasteiger partial charge in [0.15, 0.2) is 0 Å². The Balaban J connectivity index is 1.59. The molecule has 1 N–H and O–H groups in total. The van der Waals surface area contributed by atoms with Crippen LogP contribution in [0.1, 0.15) is 28.4 Å². The van der Waals surface area contributed by atoms with E-state index in [0.29, 0.717) is 13.1 Å². The molecular weight excluding hydrogens is 322 g/mol. The Morgan fingerprint density at radius 2 is 1.77 bits per heavy atom. The van der Waals surface area contributed by atoms with Crippen molar-refractivity contribution in [3.63, 3.8) is 0 Å². The molecule has 1 aliphatic heterocycles. The molecule has 0 spiro atoms. The summed E-state index contributed by atoms with van der Waals surface area (Å²) in [7, 11) is 0. The number of nitrogens with one attached hydrogen (secondary N) is 1. The summed E-state index contributed by atoms with van der Waals surface area (Å²) in [6.45, 7) is 4.14. The highest BCUT2D eigenvalue weighted by Crippen LogP contribution is 2.32. The van der Waals surface area contributed by atoms with Gasteiger partial charge in [0.1, 0.15) is 0 Å². The van der Waals surface area contributed by atoms with Gasteiger partial charge in [-0.15, -0.1) is 0 Å². The predicted molar refractivity (Wildman–Crippen MR) is 103 cm³/mol. The molecule has 2 heterocycles. The minimum atomic E-state index is -0.0601. The Morgan fingerprint density at radius 3 is 2.54 bits per heavy atom. The van der Waals surface area contributed by atoms with Crippen molar-refractivity contribution in [2.24, 2.45) is 0 Å². The van der Waals surface area contributed by atoms with Gasteiger partial charge in [-0.25, -0.2) is 4.79 Å². The van der Waals surface area contributed by atoms with E-state index in [4.69, 9.17) is 0 Å². The molecule has 0 saturated heterocycles. The van der Waals surface area contributed by atoms with Crippen molar-refractivity contribution in [2.45, 2.75) is 26.1 Å². The second-order valence-electron chi connectivity index (χ2n) is 6.78. The molecule has 0 radical (unpaired) electrons. The van der Waals surface area contributed by atoms with E-state index in [1.807, 2.05) is 35.2 Å². The largest absolute Gasteiger partial charge is 0.348 e. The fourth-order valence-corrected chi connectivity index (χ4v) is 3.58. The SMILES string of the molecule is Cc1ccc(C2c3cccn3CCN2C(=O)NCc2ccccc2)cc1. The standard InChI is InChI=1S/C22H23N3O/c1-17-9-11-19(12-10-17)21-20-8-5-13-24(20)14-15-25(21)22(26)23-16-18-6-3-2-4-7-18/h2-13,21H,14-16H2,1H3,(H,23,26). The lowest BCUT2D eigenvalue weighted by molar-refractivity contribution is 0.168. The molecule has 1 atom stereocenters. The maximum absolute atomic E-state index is 13.0. The minimum Gasteiger partial charge on any atom is -0.348 e. The van der Waals surface area contributed by atoms with Crippen molar-refractivity contribution >= 4 is 6.03 Å². The minimum absolute atomic E-state index is 0.0214. The molecule has 1 aliphatic rings. The number of benzene rings is 2. The number of hydrogen-bond donors (Lipinski definition) is 1. The monoisotopic (exact) mass is 345 g/mol. The Labute approximate surface area is 154 Å². The zero-order chi connectivity index (χ0) is 17.9. The number of urea groups is 1. The van der Waals surface area contributed by atoms with Gasteiger partial charge < -0.3 is 14.8 Å². The molecule has 2 aromatic carbocycles. The van der Waals surface area contributed by atoms with E-state index in [-0.39, 0.29) is 12.1 Å². The van der Waals surface area contributed by atoms with Crippen LogP contribution in [0.15, 0.2) is 72.9 Å². The summed E-state index contributed by atoms with van der Waals surface area (Å²) < 4.78 is 2.24. The van der Waals surface area contributed by atoms with Crippen LogP contribution in [0.4, 0.5) is 4.79 Å². The summed E-state index contributed by atoms with van der Waals surface area (Å²) in [6, 6.07) is 22.6. The van der Waals surface area contributed by atoms with Gasteiger partial charge >= 0.3 is 6.03 Å². The fraction of sp³-hybridized carbons (Fsp3) is 0.227. The van der Waals surface area contributed by atoms with E-state index in [0.717, 1.165) is 23.4 Å². The van der Waals surface area contributed by atoms with Gasteiger partial charge in [0, 0.05) is 31.5 Å². The van der Waals surface area contributed by atoms with E-state index >= 15 is 0 Å². The molecule has 2 amide bonds. The number of carbonyl (C=O) groups is 1. The molecule has 1 aromatic heterocycles. The highest BCUT2D eigenvalue weighted by molar-refractivity contribution is 5.75. The van der Waals surface area contributed by atoms with E-state index < -0.39 is 0 Å². The Bertz CT molecular complexity index is 883. The number of nitrogens with zero attached hydrogens (tertiary/aromatic N) is 2. The molecule has 3 aromatic rings. The van der Waals surface area contributed by atoms with E-state index in [2.05, 4.69) is 59.4 Å². The molecule has 132 valence electrons.